The molecule has 0 bridgehead atoms. The molecule has 4 rings (SSSR count). The van der Waals surface area contributed by atoms with E-state index >= 15 is 0 Å². The number of fused-ring (bicyclic) bond motifs is 1. The quantitative estimate of drug-likeness (QED) is 0.569. The zero-order valence-electron chi connectivity index (χ0n) is 17.2. The summed E-state index contributed by atoms with van der Waals surface area (Å²) in [6.45, 7) is 2.36. The third-order valence-corrected chi connectivity index (χ3v) is 6.02. The molecule has 1 amide bonds. The summed E-state index contributed by atoms with van der Waals surface area (Å²) in [4.78, 5) is 30.7. The summed E-state index contributed by atoms with van der Waals surface area (Å²) in [7, 11) is 0. The van der Waals surface area contributed by atoms with Crippen LogP contribution in [0.15, 0.2) is 47.5 Å². The lowest BCUT2D eigenvalue weighted by Crippen LogP contribution is -2.38. The summed E-state index contributed by atoms with van der Waals surface area (Å²) in [6.07, 6.45) is 6.21. The SMILES string of the molecule is O=C(CCOCCc1cccc2c(=O)[nH]ncc12)N1CCC(c2ccc(Cl)cn2)CC1. The maximum Gasteiger partial charge on any atom is 0.272 e. The summed E-state index contributed by atoms with van der Waals surface area (Å²) >= 11 is 5.91. The van der Waals surface area contributed by atoms with Gasteiger partial charge in [-0.15, -0.1) is 0 Å². The lowest BCUT2D eigenvalue weighted by molar-refractivity contribution is -0.133. The van der Waals surface area contributed by atoms with Crippen LogP contribution in [0.4, 0.5) is 0 Å². The number of hydrogen-bond donors (Lipinski definition) is 1. The van der Waals surface area contributed by atoms with E-state index in [2.05, 4.69) is 15.2 Å². The molecule has 1 aliphatic heterocycles. The van der Waals surface area contributed by atoms with Crippen molar-refractivity contribution in [3.8, 4) is 0 Å². The summed E-state index contributed by atoms with van der Waals surface area (Å²) in [5.74, 6) is 0.503. The Morgan fingerprint density at radius 3 is 2.74 bits per heavy atom. The molecular weight excluding hydrogens is 416 g/mol. The molecule has 1 aliphatic rings. The van der Waals surface area contributed by atoms with Gasteiger partial charge in [-0.1, -0.05) is 23.7 Å². The van der Waals surface area contributed by atoms with Crippen LogP contribution in [-0.2, 0) is 16.0 Å². The van der Waals surface area contributed by atoms with Crippen LogP contribution >= 0.6 is 11.6 Å². The van der Waals surface area contributed by atoms with Gasteiger partial charge in [0.1, 0.15) is 0 Å². The zero-order chi connectivity index (χ0) is 21.6. The van der Waals surface area contributed by atoms with Crippen molar-refractivity contribution in [2.45, 2.75) is 31.6 Å². The molecule has 3 aromatic rings. The average Bonchev–Trinajstić information content (AvgIpc) is 2.80. The number of carbonyl (C=O) groups excluding carboxylic acids is 1. The van der Waals surface area contributed by atoms with Gasteiger partial charge in [0.2, 0.25) is 5.91 Å². The Balaban J connectivity index is 1.19. The van der Waals surface area contributed by atoms with Gasteiger partial charge in [-0.25, -0.2) is 5.10 Å². The normalized spacial score (nSPS) is 14.8. The predicted molar refractivity (Wildman–Crippen MR) is 119 cm³/mol. The third-order valence-electron chi connectivity index (χ3n) is 5.79. The molecule has 0 aliphatic carbocycles. The number of piperidine rings is 1. The van der Waals surface area contributed by atoms with Crippen molar-refractivity contribution >= 4 is 28.3 Å². The van der Waals surface area contributed by atoms with Gasteiger partial charge in [0.05, 0.1) is 36.2 Å². The first-order valence-electron chi connectivity index (χ1n) is 10.5. The molecule has 31 heavy (non-hydrogen) atoms. The Morgan fingerprint density at radius 1 is 1.13 bits per heavy atom. The molecule has 1 N–H and O–H groups in total. The molecule has 0 atom stereocenters. The Bertz CT molecular complexity index is 1090. The monoisotopic (exact) mass is 440 g/mol. The number of aromatic nitrogens is 3. The number of likely N-dealkylation sites (tertiary alicyclic amines) is 1. The molecule has 1 fully saturated rings. The van der Waals surface area contributed by atoms with E-state index in [9.17, 15) is 9.59 Å². The highest BCUT2D eigenvalue weighted by Gasteiger charge is 2.24. The van der Waals surface area contributed by atoms with E-state index in [0.717, 1.165) is 42.6 Å². The molecule has 0 radical (unpaired) electrons. The Labute approximate surface area is 185 Å². The Hall–Kier alpha value is -2.77. The second-order valence-corrected chi connectivity index (χ2v) is 8.18. The van der Waals surface area contributed by atoms with Gasteiger partial charge in [0, 0.05) is 36.3 Å². The van der Waals surface area contributed by atoms with Gasteiger partial charge in [0.15, 0.2) is 0 Å². The first-order chi connectivity index (χ1) is 15.1. The van der Waals surface area contributed by atoms with E-state index in [1.54, 1.807) is 18.5 Å². The van der Waals surface area contributed by atoms with Crippen molar-refractivity contribution in [3.05, 3.63) is 69.4 Å². The zero-order valence-corrected chi connectivity index (χ0v) is 18.0. The van der Waals surface area contributed by atoms with Gasteiger partial charge in [0.25, 0.3) is 5.56 Å². The Kier molecular flexibility index (Phi) is 6.94. The minimum atomic E-state index is -0.193. The number of rotatable bonds is 7. The highest BCUT2D eigenvalue weighted by molar-refractivity contribution is 6.30. The van der Waals surface area contributed by atoms with E-state index < -0.39 is 0 Å². The largest absolute Gasteiger partial charge is 0.381 e. The van der Waals surface area contributed by atoms with E-state index in [-0.39, 0.29) is 11.5 Å². The highest BCUT2D eigenvalue weighted by atomic mass is 35.5. The molecule has 1 aromatic carbocycles. The maximum absolute atomic E-state index is 12.5. The summed E-state index contributed by atoms with van der Waals surface area (Å²) in [5, 5.41) is 8.43. The van der Waals surface area contributed by atoms with Crippen LogP contribution in [0, 0.1) is 0 Å². The minimum Gasteiger partial charge on any atom is -0.381 e. The minimum absolute atomic E-state index is 0.128. The number of pyridine rings is 1. The Morgan fingerprint density at radius 2 is 1.97 bits per heavy atom. The van der Waals surface area contributed by atoms with Crippen molar-refractivity contribution < 1.29 is 9.53 Å². The van der Waals surface area contributed by atoms with E-state index in [1.807, 2.05) is 29.2 Å². The van der Waals surface area contributed by atoms with Crippen LogP contribution < -0.4 is 5.56 Å². The highest BCUT2D eigenvalue weighted by Crippen LogP contribution is 2.27. The smallest absolute Gasteiger partial charge is 0.272 e. The van der Waals surface area contributed by atoms with Gasteiger partial charge in [-0.3, -0.25) is 14.6 Å². The fourth-order valence-corrected chi connectivity index (χ4v) is 4.16. The lowest BCUT2D eigenvalue weighted by Gasteiger charge is -2.31. The number of nitrogens with zero attached hydrogens (tertiary/aromatic N) is 3. The van der Waals surface area contributed by atoms with E-state index in [0.29, 0.717) is 42.4 Å². The van der Waals surface area contributed by atoms with Gasteiger partial charge in [-0.05, 0) is 43.0 Å². The molecular formula is C23H25ClN4O3. The van der Waals surface area contributed by atoms with Crippen molar-refractivity contribution in [2.24, 2.45) is 0 Å². The number of nitrogens with one attached hydrogen (secondary N) is 1. The number of carbonyl (C=O) groups is 1. The fourth-order valence-electron chi connectivity index (χ4n) is 4.05. The summed E-state index contributed by atoms with van der Waals surface area (Å²) in [6, 6.07) is 9.45. The van der Waals surface area contributed by atoms with E-state index in [4.69, 9.17) is 16.3 Å². The predicted octanol–water partition coefficient (Wildman–Crippen LogP) is 3.33. The van der Waals surface area contributed by atoms with Crippen LogP contribution in [0.1, 0.15) is 36.4 Å². The molecule has 2 aromatic heterocycles. The topological polar surface area (TPSA) is 88.2 Å². The fraction of sp³-hybridized carbons (Fsp3) is 0.391. The van der Waals surface area contributed by atoms with Gasteiger partial charge < -0.3 is 9.64 Å². The second kappa shape index (κ2) is 10.0. The van der Waals surface area contributed by atoms with Crippen LogP contribution in [0.3, 0.4) is 0 Å². The number of ether oxygens (including phenoxy) is 1. The molecule has 0 unspecified atom stereocenters. The number of hydrogen-bond acceptors (Lipinski definition) is 5. The standard InChI is InChI=1S/C23H25ClN4O3/c24-18-4-5-21(25-14-18)17-6-10-28(11-7-17)22(29)9-13-31-12-8-16-2-1-3-19-20(16)15-26-27-23(19)30/h1-5,14-15,17H,6-13H2,(H,27,30). The van der Waals surface area contributed by atoms with Crippen LogP contribution in [0.5, 0.6) is 0 Å². The number of halogens is 1. The van der Waals surface area contributed by atoms with Crippen molar-refractivity contribution in [3.63, 3.8) is 0 Å². The maximum atomic E-state index is 12.5. The molecule has 162 valence electrons. The average molecular weight is 441 g/mol. The van der Waals surface area contributed by atoms with E-state index in [1.165, 1.54) is 0 Å². The van der Waals surface area contributed by atoms with Crippen LogP contribution in [-0.4, -0.2) is 52.3 Å². The van der Waals surface area contributed by atoms with Crippen molar-refractivity contribution in [1.82, 2.24) is 20.1 Å². The van der Waals surface area contributed by atoms with Crippen LogP contribution in [0.2, 0.25) is 5.02 Å². The number of benzene rings is 1. The first-order valence-corrected chi connectivity index (χ1v) is 10.9. The first kappa shape index (κ1) is 21.5. The molecule has 0 spiro atoms. The number of aromatic amines is 1. The number of amides is 1. The molecule has 3 heterocycles. The van der Waals surface area contributed by atoms with Crippen LogP contribution in [0.25, 0.3) is 10.8 Å². The van der Waals surface area contributed by atoms with Crippen molar-refractivity contribution in [1.29, 1.82) is 0 Å². The summed E-state index contributed by atoms with van der Waals surface area (Å²) < 4.78 is 5.70. The number of H-pyrrole nitrogens is 1. The molecule has 7 nitrogen and oxygen atoms in total. The summed E-state index contributed by atoms with van der Waals surface area (Å²) in [5.41, 5.74) is 1.87. The van der Waals surface area contributed by atoms with Crippen molar-refractivity contribution in [2.75, 3.05) is 26.3 Å². The van der Waals surface area contributed by atoms with Gasteiger partial charge in [-0.2, -0.15) is 5.10 Å². The second-order valence-electron chi connectivity index (χ2n) is 7.75. The third kappa shape index (κ3) is 5.29. The molecule has 1 saturated heterocycles. The molecule has 8 heteroatoms. The molecule has 0 saturated carbocycles. The lowest BCUT2D eigenvalue weighted by atomic mass is 9.93. The van der Waals surface area contributed by atoms with Gasteiger partial charge >= 0.3 is 0 Å².